The second kappa shape index (κ2) is 10.1. The average molecular weight is 523 g/mol. The molecule has 0 saturated heterocycles. The zero-order valence-electron chi connectivity index (χ0n) is 19.9. The highest BCUT2D eigenvalue weighted by atomic mass is 32.2. The van der Waals surface area contributed by atoms with Crippen molar-refractivity contribution in [3.05, 3.63) is 71.0 Å². The summed E-state index contributed by atoms with van der Waals surface area (Å²) < 4.78 is 28.4. The Morgan fingerprint density at radius 1 is 0.892 bits per heavy atom. The fourth-order valence-electron chi connectivity index (χ4n) is 4.80. The molecule has 0 atom stereocenters. The second-order valence-corrected chi connectivity index (χ2v) is 10.7. The van der Waals surface area contributed by atoms with Crippen LogP contribution in [-0.2, 0) is 35.7 Å². The molecule has 12 heteroatoms. The van der Waals surface area contributed by atoms with Gasteiger partial charge in [-0.2, -0.15) is 5.10 Å². The molecule has 0 aliphatic heterocycles. The number of hydrogen-bond acceptors (Lipinski definition) is 6. The van der Waals surface area contributed by atoms with Gasteiger partial charge in [0.1, 0.15) is 11.4 Å². The highest BCUT2D eigenvalue weighted by Crippen LogP contribution is 2.38. The number of aromatic nitrogens is 2. The molecule has 0 bridgehead atoms. The van der Waals surface area contributed by atoms with E-state index in [1.54, 1.807) is 30.3 Å². The molecule has 192 valence electrons. The molecule has 0 fully saturated rings. The number of carbonyl (C=O) groups is 3. The summed E-state index contributed by atoms with van der Waals surface area (Å²) in [5.74, 6) is -0.662. The predicted molar refractivity (Wildman–Crippen MR) is 136 cm³/mol. The molecule has 2 aliphatic rings. The number of nitrogens with one attached hydrogen (secondary N) is 4. The second-order valence-electron chi connectivity index (χ2n) is 8.98. The molecule has 0 unspecified atom stereocenters. The first kappa shape index (κ1) is 24.5. The number of rotatable bonds is 6. The number of hydrogen-bond donors (Lipinski definition) is 4. The van der Waals surface area contributed by atoms with Gasteiger partial charge in [0.25, 0.3) is 15.9 Å². The summed E-state index contributed by atoms with van der Waals surface area (Å²) in [5.41, 5.74) is 5.86. The van der Waals surface area contributed by atoms with Gasteiger partial charge in [0.2, 0.25) is 0 Å². The highest BCUT2D eigenvalue weighted by molar-refractivity contribution is 7.90. The van der Waals surface area contributed by atoms with Crippen LogP contribution in [0.5, 0.6) is 0 Å². The molecule has 37 heavy (non-hydrogen) atoms. The first-order chi connectivity index (χ1) is 17.8. The van der Waals surface area contributed by atoms with Crippen LogP contribution in [0.25, 0.3) is 0 Å². The van der Waals surface area contributed by atoms with E-state index in [0.717, 1.165) is 72.4 Å². The number of benzene rings is 2. The van der Waals surface area contributed by atoms with E-state index in [9.17, 15) is 22.8 Å². The lowest BCUT2D eigenvalue weighted by molar-refractivity contribution is 0.0899. The van der Waals surface area contributed by atoms with E-state index in [-0.39, 0.29) is 4.90 Å². The van der Waals surface area contributed by atoms with Crippen LogP contribution in [0.3, 0.4) is 0 Å². The zero-order valence-corrected chi connectivity index (χ0v) is 20.7. The lowest BCUT2D eigenvalue weighted by atomic mass is 9.99. The molecule has 2 aromatic carbocycles. The Bertz CT molecular complexity index is 1450. The minimum atomic E-state index is -4.29. The smallest absolute Gasteiger partial charge is 0.329 e. The Morgan fingerprint density at radius 2 is 1.57 bits per heavy atom. The third-order valence-corrected chi connectivity index (χ3v) is 7.78. The van der Waals surface area contributed by atoms with Crippen molar-refractivity contribution >= 4 is 39.4 Å². The Kier molecular flexibility index (Phi) is 6.66. The number of nitrogens with zero attached hydrogens (tertiary/aromatic N) is 2. The standard InChI is InChI=1S/C25H26N6O5S/c32-22(14-26-24(33)28-18-8-2-1-3-9-18)31-15-19(13-27-31)37(35,36)30-25(34)29-23-20-10-4-6-16(20)12-17-7-5-11-21(17)23/h1-3,8-9,12-13,15H,4-7,10-11,14H2,(H2,26,28,33)(H2,29,30,34). The number of sulfonamides is 1. The molecule has 0 saturated carbocycles. The van der Waals surface area contributed by atoms with E-state index in [0.29, 0.717) is 5.69 Å². The molecule has 4 amide bonds. The number of para-hydroxylation sites is 1. The summed E-state index contributed by atoms with van der Waals surface area (Å²) in [6, 6.07) is 9.43. The van der Waals surface area contributed by atoms with Crippen LogP contribution < -0.4 is 20.7 Å². The van der Waals surface area contributed by atoms with Gasteiger partial charge in [-0.15, -0.1) is 0 Å². The summed E-state index contributed by atoms with van der Waals surface area (Å²) in [6.45, 7) is -0.419. The molecule has 1 aromatic heterocycles. The van der Waals surface area contributed by atoms with Gasteiger partial charge >= 0.3 is 12.1 Å². The van der Waals surface area contributed by atoms with E-state index in [4.69, 9.17) is 0 Å². The molecule has 5 rings (SSSR count). The van der Waals surface area contributed by atoms with Gasteiger partial charge in [-0.05, 0) is 72.9 Å². The Hall–Kier alpha value is -4.19. The maximum Gasteiger partial charge on any atom is 0.333 e. The van der Waals surface area contributed by atoms with Crippen LogP contribution >= 0.6 is 0 Å². The van der Waals surface area contributed by atoms with Gasteiger partial charge in [0.15, 0.2) is 0 Å². The number of aryl methyl sites for hydroxylation is 2. The summed E-state index contributed by atoms with van der Waals surface area (Å²) in [6.07, 6.45) is 7.56. The van der Waals surface area contributed by atoms with Crippen molar-refractivity contribution in [3.8, 4) is 0 Å². The largest absolute Gasteiger partial charge is 0.333 e. The van der Waals surface area contributed by atoms with Crippen LogP contribution in [0.1, 0.15) is 39.9 Å². The molecule has 0 spiro atoms. The van der Waals surface area contributed by atoms with Crippen molar-refractivity contribution in [3.63, 3.8) is 0 Å². The maximum absolute atomic E-state index is 12.8. The molecule has 1 heterocycles. The minimum absolute atomic E-state index is 0.353. The lowest BCUT2D eigenvalue weighted by Gasteiger charge is -2.16. The van der Waals surface area contributed by atoms with Crippen molar-refractivity contribution in [2.75, 3.05) is 17.2 Å². The topological polar surface area (TPSA) is 151 Å². The predicted octanol–water partition coefficient (Wildman–Crippen LogP) is 2.83. The van der Waals surface area contributed by atoms with Gasteiger partial charge in [0, 0.05) is 11.4 Å². The van der Waals surface area contributed by atoms with Crippen LogP contribution in [0.4, 0.5) is 21.0 Å². The van der Waals surface area contributed by atoms with E-state index in [1.807, 2.05) is 4.72 Å². The SMILES string of the molecule is O=C(NCC(=O)n1cc(S(=O)(=O)NC(=O)Nc2c3c(cc4c2CCC4)CCC3)cn1)Nc1ccccc1. The van der Waals surface area contributed by atoms with Gasteiger partial charge in [-0.1, -0.05) is 24.3 Å². The van der Waals surface area contributed by atoms with E-state index < -0.39 is 34.5 Å². The summed E-state index contributed by atoms with van der Waals surface area (Å²) in [4.78, 5) is 36.7. The molecular formula is C25H26N6O5S. The van der Waals surface area contributed by atoms with Crippen LogP contribution in [0.2, 0.25) is 0 Å². The van der Waals surface area contributed by atoms with Crippen LogP contribution in [-0.4, -0.2) is 42.7 Å². The number of carbonyl (C=O) groups excluding carboxylic acids is 3. The highest BCUT2D eigenvalue weighted by Gasteiger charge is 2.27. The molecule has 3 aromatic rings. The average Bonchev–Trinajstić information content (AvgIpc) is 3.63. The zero-order chi connectivity index (χ0) is 26.0. The monoisotopic (exact) mass is 522 g/mol. The van der Waals surface area contributed by atoms with E-state index in [1.165, 1.54) is 11.1 Å². The fourth-order valence-corrected chi connectivity index (χ4v) is 5.64. The quantitative estimate of drug-likeness (QED) is 0.391. The summed E-state index contributed by atoms with van der Waals surface area (Å²) >= 11 is 0. The number of amides is 4. The number of urea groups is 2. The van der Waals surface area contributed by atoms with Gasteiger partial charge < -0.3 is 16.0 Å². The van der Waals surface area contributed by atoms with Crippen molar-refractivity contribution in [2.45, 2.75) is 43.4 Å². The Morgan fingerprint density at radius 3 is 2.24 bits per heavy atom. The third kappa shape index (κ3) is 5.33. The normalized spacial score (nSPS) is 13.9. The minimum Gasteiger partial charge on any atom is -0.329 e. The van der Waals surface area contributed by atoms with Gasteiger partial charge in [-0.25, -0.2) is 27.4 Å². The van der Waals surface area contributed by atoms with Crippen molar-refractivity contribution in [2.24, 2.45) is 0 Å². The van der Waals surface area contributed by atoms with Crippen molar-refractivity contribution < 1.29 is 22.8 Å². The fraction of sp³-hybridized carbons (Fsp3) is 0.280. The van der Waals surface area contributed by atoms with Gasteiger partial charge in [-0.3, -0.25) is 4.79 Å². The number of fused-ring (bicyclic) bond motifs is 2. The van der Waals surface area contributed by atoms with Crippen molar-refractivity contribution in [1.82, 2.24) is 19.8 Å². The number of anilines is 2. The van der Waals surface area contributed by atoms with Gasteiger partial charge in [0.05, 0.1) is 12.4 Å². The first-order valence-corrected chi connectivity index (χ1v) is 13.5. The molecule has 4 N–H and O–H groups in total. The Balaban J connectivity index is 1.20. The van der Waals surface area contributed by atoms with Crippen LogP contribution in [0, 0.1) is 0 Å². The van der Waals surface area contributed by atoms with E-state index in [2.05, 4.69) is 27.1 Å². The first-order valence-electron chi connectivity index (χ1n) is 12.0. The molecule has 0 radical (unpaired) electrons. The third-order valence-electron chi connectivity index (χ3n) is 6.50. The van der Waals surface area contributed by atoms with E-state index >= 15 is 0 Å². The molecule has 11 nitrogen and oxygen atoms in total. The Labute approximate surface area is 213 Å². The summed E-state index contributed by atoms with van der Waals surface area (Å²) in [5, 5.41) is 11.5. The molecular weight excluding hydrogens is 496 g/mol. The summed E-state index contributed by atoms with van der Waals surface area (Å²) in [7, 11) is -4.29. The lowest BCUT2D eigenvalue weighted by Crippen LogP contribution is -2.36. The van der Waals surface area contributed by atoms with Crippen LogP contribution in [0.15, 0.2) is 53.7 Å². The maximum atomic E-state index is 12.8. The molecule has 2 aliphatic carbocycles. The van der Waals surface area contributed by atoms with Crippen molar-refractivity contribution in [1.29, 1.82) is 0 Å².